The first-order valence-corrected chi connectivity index (χ1v) is 8.05. The number of aryl methyl sites for hydroxylation is 1. The maximum atomic E-state index is 12.7. The van der Waals surface area contributed by atoms with Gasteiger partial charge in [-0.3, -0.25) is 10.1 Å². The number of likely N-dealkylation sites (N-methyl/N-ethyl adjacent to an activating group) is 1. The molecule has 2 heterocycles. The van der Waals surface area contributed by atoms with Crippen molar-refractivity contribution in [3.8, 4) is 0 Å². The first kappa shape index (κ1) is 13.1. The molecular weight excluding hydrogens is 258 g/mol. The van der Waals surface area contributed by atoms with Crippen molar-refractivity contribution in [1.29, 1.82) is 0 Å². The van der Waals surface area contributed by atoms with Gasteiger partial charge in [-0.05, 0) is 26.7 Å². The molecule has 4 nitrogen and oxygen atoms in total. The van der Waals surface area contributed by atoms with Crippen molar-refractivity contribution in [3.05, 3.63) is 16.1 Å². The van der Waals surface area contributed by atoms with Crippen molar-refractivity contribution >= 4 is 17.2 Å². The minimum absolute atomic E-state index is 0.0192. The first-order valence-electron chi connectivity index (χ1n) is 7.17. The van der Waals surface area contributed by atoms with E-state index < -0.39 is 0 Å². The Balaban J connectivity index is 1.91. The molecule has 1 aliphatic heterocycles. The Morgan fingerprint density at radius 2 is 2.21 bits per heavy atom. The van der Waals surface area contributed by atoms with Gasteiger partial charge in [0.25, 0.3) is 0 Å². The van der Waals surface area contributed by atoms with Gasteiger partial charge >= 0.3 is 0 Å². The highest BCUT2D eigenvalue weighted by molar-refractivity contribution is 7.09. The Morgan fingerprint density at radius 1 is 1.47 bits per heavy atom. The Kier molecular flexibility index (Phi) is 3.35. The van der Waals surface area contributed by atoms with Crippen LogP contribution in [0.2, 0.25) is 0 Å². The SMILES string of the molecule is CCN1C(=O)C2(CCCCC2)N[C@@H]1c1nc(C)cs1. The fourth-order valence-electron chi connectivity index (χ4n) is 3.33. The number of carbonyl (C=O) groups excluding carboxylic acids is 1. The summed E-state index contributed by atoms with van der Waals surface area (Å²) in [6.45, 7) is 4.80. The standard InChI is InChI=1S/C14H21N3OS/c1-3-17-11(12-15-10(2)9-19-12)16-14(13(17)18)7-5-4-6-8-14/h9,11,16H,3-8H2,1-2H3/t11-/m0/s1. The number of carbonyl (C=O) groups is 1. The minimum Gasteiger partial charge on any atom is -0.319 e. The molecule has 0 radical (unpaired) electrons. The zero-order valence-corrected chi connectivity index (χ0v) is 12.4. The molecule has 2 aliphatic rings. The van der Waals surface area contributed by atoms with Crippen molar-refractivity contribution in [2.45, 2.75) is 57.7 Å². The van der Waals surface area contributed by atoms with Crippen LogP contribution in [-0.2, 0) is 4.79 Å². The molecule has 0 aromatic carbocycles. The Hall–Kier alpha value is -0.940. The van der Waals surface area contributed by atoms with Crippen molar-refractivity contribution in [1.82, 2.24) is 15.2 Å². The molecule has 0 unspecified atom stereocenters. The van der Waals surface area contributed by atoms with Gasteiger partial charge in [0.05, 0.1) is 5.54 Å². The second kappa shape index (κ2) is 4.87. The summed E-state index contributed by atoms with van der Waals surface area (Å²) < 4.78 is 0. The number of nitrogens with zero attached hydrogens (tertiary/aromatic N) is 2. The fraction of sp³-hybridized carbons (Fsp3) is 0.714. The molecule has 104 valence electrons. The van der Waals surface area contributed by atoms with Crippen LogP contribution in [0, 0.1) is 6.92 Å². The second-order valence-corrected chi connectivity index (χ2v) is 6.50. The van der Waals surface area contributed by atoms with E-state index in [2.05, 4.69) is 22.6 Å². The van der Waals surface area contributed by atoms with E-state index in [1.54, 1.807) is 11.3 Å². The van der Waals surface area contributed by atoms with Crippen LogP contribution in [-0.4, -0.2) is 27.9 Å². The summed E-state index contributed by atoms with van der Waals surface area (Å²) in [5.41, 5.74) is 0.730. The van der Waals surface area contributed by atoms with Crippen LogP contribution in [0.5, 0.6) is 0 Å². The summed E-state index contributed by atoms with van der Waals surface area (Å²) in [5.74, 6) is 0.285. The monoisotopic (exact) mass is 279 g/mol. The molecule has 0 bridgehead atoms. The van der Waals surface area contributed by atoms with E-state index in [1.807, 2.05) is 11.8 Å². The van der Waals surface area contributed by atoms with Gasteiger partial charge in [0.1, 0.15) is 11.2 Å². The molecule has 1 saturated heterocycles. The van der Waals surface area contributed by atoms with Gasteiger partial charge in [0.2, 0.25) is 5.91 Å². The van der Waals surface area contributed by atoms with Gasteiger partial charge in [0.15, 0.2) is 0 Å². The maximum Gasteiger partial charge on any atom is 0.244 e. The molecule has 2 fully saturated rings. The largest absolute Gasteiger partial charge is 0.319 e. The number of thiazole rings is 1. The summed E-state index contributed by atoms with van der Waals surface area (Å²) in [5, 5.41) is 6.69. The van der Waals surface area contributed by atoms with E-state index in [0.717, 1.165) is 42.9 Å². The molecule has 5 heteroatoms. The smallest absolute Gasteiger partial charge is 0.244 e. The molecule has 1 aliphatic carbocycles. The first-order chi connectivity index (χ1) is 9.16. The summed E-state index contributed by atoms with van der Waals surface area (Å²) in [6.07, 6.45) is 5.49. The van der Waals surface area contributed by atoms with Crippen LogP contribution >= 0.6 is 11.3 Å². The van der Waals surface area contributed by atoms with E-state index >= 15 is 0 Å². The second-order valence-electron chi connectivity index (χ2n) is 5.61. The lowest BCUT2D eigenvalue weighted by molar-refractivity contribution is -0.134. The molecular formula is C14H21N3OS. The number of rotatable bonds is 2. The average Bonchev–Trinajstić information content (AvgIpc) is 2.95. The third-order valence-electron chi connectivity index (χ3n) is 4.31. The lowest BCUT2D eigenvalue weighted by Gasteiger charge is -2.31. The average molecular weight is 279 g/mol. The highest BCUT2D eigenvalue weighted by Crippen LogP contribution is 2.40. The Labute approximate surface area is 118 Å². The summed E-state index contributed by atoms with van der Waals surface area (Å²) in [6, 6.07) is 0. The molecule has 1 amide bonds. The van der Waals surface area contributed by atoms with Gasteiger partial charge in [-0.2, -0.15) is 0 Å². The van der Waals surface area contributed by atoms with Crippen LogP contribution in [0.25, 0.3) is 0 Å². The molecule has 19 heavy (non-hydrogen) atoms. The van der Waals surface area contributed by atoms with E-state index in [-0.39, 0.29) is 17.6 Å². The predicted octanol–water partition coefficient (Wildman–Crippen LogP) is 2.60. The van der Waals surface area contributed by atoms with Gasteiger partial charge in [0, 0.05) is 17.6 Å². The lowest BCUT2D eigenvalue weighted by atomic mass is 9.82. The molecule has 1 aromatic heterocycles. The van der Waals surface area contributed by atoms with Crippen molar-refractivity contribution in [2.75, 3.05) is 6.54 Å². The topological polar surface area (TPSA) is 45.2 Å². The molecule has 3 rings (SSSR count). The van der Waals surface area contributed by atoms with Crippen molar-refractivity contribution in [3.63, 3.8) is 0 Å². The lowest BCUT2D eigenvalue weighted by Crippen LogP contribution is -2.48. The predicted molar refractivity (Wildman–Crippen MR) is 75.9 cm³/mol. The zero-order valence-electron chi connectivity index (χ0n) is 11.6. The maximum absolute atomic E-state index is 12.7. The van der Waals surface area contributed by atoms with E-state index in [0.29, 0.717) is 0 Å². The highest BCUT2D eigenvalue weighted by atomic mass is 32.1. The number of aromatic nitrogens is 1. The van der Waals surface area contributed by atoms with E-state index in [4.69, 9.17) is 0 Å². The normalized spacial score (nSPS) is 26.3. The third kappa shape index (κ3) is 2.09. The van der Waals surface area contributed by atoms with Crippen molar-refractivity contribution < 1.29 is 4.79 Å². The van der Waals surface area contributed by atoms with Gasteiger partial charge in [-0.1, -0.05) is 19.3 Å². The number of hydrogen-bond acceptors (Lipinski definition) is 4. The summed E-state index contributed by atoms with van der Waals surface area (Å²) in [7, 11) is 0. The summed E-state index contributed by atoms with van der Waals surface area (Å²) >= 11 is 1.65. The Bertz CT molecular complexity index is 479. The minimum atomic E-state index is -0.307. The van der Waals surface area contributed by atoms with Crippen molar-refractivity contribution in [2.24, 2.45) is 0 Å². The molecule has 1 N–H and O–H groups in total. The number of nitrogens with one attached hydrogen (secondary N) is 1. The Morgan fingerprint density at radius 3 is 2.79 bits per heavy atom. The van der Waals surface area contributed by atoms with E-state index in [1.165, 1.54) is 6.42 Å². The van der Waals surface area contributed by atoms with Crippen LogP contribution < -0.4 is 5.32 Å². The van der Waals surface area contributed by atoms with Crippen LogP contribution in [0.4, 0.5) is 0 Å². The summed E-state index contributed by atoms with van der Waals surface area (Å²) in [4.78, 5) is 19.3. The quantitative estimate of drug-likeness (QED) is 0.905. The van der Waals surface area contributed by atoms with Crippen LogP contribution in [0.1, 0.15) is 55.9 Å². The van der Waals surface area contributed by atoms with Crippen LogP contribution in [0.15, 0.2) is 5.38 Å². The van der Waals surface area contributed by atoms with Gasteiger partial charge in [-0.25, -0.2) is 4.98 Å². The number of amides is 1. The van der Waals surface area contributed by atoms with E-state index in [9.17, 15) is 4.79 Å². The number of hydrogen-bond donors (Lipinski definition) is 1. The zero-order chi connectivity index (χ0) is 13.5. The fourth-order valence-corrected chi connectivity index (χ4v) is 4.18. The van der Waals surface area contributed by atoms with Gasteiger partial charge < -0.3 is 4.90 Å². The third-order valence-corrected chi connectivity index (χ3v) is 5.33. The molecule has 1 aromatic rings. The molecule has 1 spiro atoms. The molecule has 1 atom stereocenters. The molecule has 1 saturated carbocycles. The van der Waals surface area contributed by atoms with Crippen LogP contribution in [0.3, 0.4) is 0 Å². The highest BCUT2D eigenvalue weighted by Gasteiger charge is 2.51. The van der Waals surface area contributed by atoms with Gasteiger partial charge in [-0.15, -0.1) is 11.3 Å².